The van der Waals surface area contributed by atoms with Crippen LogP contribution in [0.1, 0.15) is 26.7 Å². The van der Waals surface area contributed by atoms with Crippen LogP contribution in [0.4, 0.5) is 0 Å². The van der Waals surface area contributed by atoms with Crippen molar-refractivity contribution in [3.05, 3.63) is 23.8 Å². The van der Waals surface area contributed by atoms with Crippen LogP contribution in [-0.2, 0) is 0 Å². The standard InChI is InChI=1S/C10H16O/c1-3-10(8-11)7-5-4-6-9(10)2/h5-7,11H,3-4,8H2,1-2H3/t10-/m1/s1. The zero-order valence-electron chi connectivity index (χ0n) is 7.30. The zero-order chi connectivity index (χ0) is 8.32. The van der Waals surface area contributed by atoms with Crippen LogP contribution in [0.3, 0.4) is 0 Å². The van der Waals surface area contributed by atoms with Gasteiger partial charge in [0.05, 0.1) is 6.61 Å². The minimum absolute atomic E-state index is 0.0434. The topological polar surface area (TPSA) is 20.2 Å². The van der Waals surface area contributed by atoms with Crippen molar-refractivity contribution in [2.75, 3.05) is 6.61 Å². The molecule has 0 saturated heterocycles. The van der Waals surface area contributed by atoms with E-state index in [0.717, 1.165) is 12.8 Å². The van der Waals surface area contributed by atoms with E-state index >= 15 is 0 Å². The maximum Gasteiger partial charge on any atom is 0.0559 e. The van der Waals surface area contributed by atoms with Crippen LogP contribution in [0.5, 0.6) is 0 Å². The first-order chi connectivity index (χ1) is 5.25. The molecule has 0 aliphatic heterocycles. The van der Waals surface area contributed by atoms with Gasteiger partial charge in [-0.05, 0) is 19.8 Å². The Balaban J connectivity index is 2.87. The molecule has 0 fully saturated rings. The summed E-state index contributed by atoms with van der Waals surface area (Å²) in [5.74, 6) is 0. The molecule has 1 heteroatoms. The highest BCUT2D eigenvalue weighted by Gasteiger charge is 2.26. The van der Waals surface area contributed by atoms with E-state index in [2.05, 4.69) is 32.1 Å². The molecule has 0 saturated carbocycles. The molecule has 1 atom stereocenters. The summed E-state index contributed by atoms with van der Waals surface area (Å²) in [5, 5.41) is 9.22. The van der Waals surface area contributed by atoms with Crippen LogP contribution in [0.2, 0.25) is 0 Å². The van der Waals surface area contributed by atoms with Crippen molar-refractivity contribution in [1.82, 2.24) is 0 Å². The quantitative estimate of drug-likeness (QED) is 0.602. The van der Waals surface area contributed by atoms with E-state index in [0.29, 0.717) is 0 Å². The second-order valence-electron chi connectivity index (χ2n) is 3.19. The molecule has 1 aliphatic rings. The third kappa shape index (κ3) is 1.38. The summed E-state index contributed by atoms with van der Waals surface area (Å²) in [7, 11) is 0. The monoisotopic (exact) mass is 152 g/mol. The third-order valence-corrected chi connectivity index (χ3v) is 2.70. The molecular weight excluding hydrogens is 136 g/mol. The van der Waals surface area contributed by atoms with Crippen molar-refractivity contribution in [2.24, 2.45) is 5.41 Å². The first kappa shape index (κ1) is 8.54. The normalized spacial score (nSPS) is 30.3. The first-order valence-electron chi connectivity index (χ1n) is 4.21. The van der Waals surface area contributed by atoms with Crippen molar-refractivity contribution in [3.8, 4) is 0 Å². The lowest BCUT2D eigenvalue weighted by molar-refractivity contribution is 0.191. The summed E-state index contributed by atoms with van der Waals surface area (Å²) in [5.41, 5.74) is 1.27. The van der Waals surface area contributed by atoms with Gasteiger partial charge in [-0.2, -0.15) is 0 Å². The Morgan fingerprint density at radius 3 is 2.73 bits per heavy atom. The highest BCUT2D eigenvalue weighted by atomic mass is 16.3. The average molecular weight is 152 g/mol. The molecule has 62 valence electrons. The van der Waals surface area contributed by atoms with Gasteiger partial charge in [0.15, 0.2) is 0 Å². The van der Waals surface area contributed by atoms with Gasteiger partial charge in [-0.15, -0.1) is 0 Å². The van der Waals surface area contributed by atoms with Gasteiger partial charge in [0.1, 0.15) is 0 Å². The highest BCUT2D eigenvalue weighted by Crippen LogP contribution is 2.35. The Morgan fingerprint density at radius 1 is 1.64 bits per heavy atom. The first-order valence-corrected chi connectivity index (χ1v) is 4.21. The van der Waals surface area contributed by atoms with E-state index < -0.39 is 0 Å². The van der Waals surface area contributed by atoms with E-state index in [9.17, 15) is 5.11 Å². The summed E-state index contributed by atoms with van der Waals surface area (Å²) in [6, 6.07) is 0. The summed E-state index contributed by atoms with van der Waals surface area (Å²) >= 11 is 0. The van der Waals surface area contributed by atoms with E-state index in [1.54, 1.807) is 0 Å². The van der Waals surface area contributed by atoms with Crippen molar-refractivity contribution in [1.29, 1.82) is 0 Å². The molecular formula is C10H16O. The lowest BCUT2D eigenvalue weighted by Crippen LogP contribution is -2.24. The van der Waals surface area contributed by atoms with Crippen molar-refractivity contribution in [2.45, 2.75) is 26.7 Å². The Kier molecular flexibility index (Phi) is 2.50. The van der Waals surface area contributed by atoms with Crippen LogP contribution < -0.4 is 0 Å². The molecule has 0 bridgehead atoms. The predicted octanol–water partition coefficient (Wildman–Crippen LogP) is 2.28. The second-order valence-corrected chi connectivity index (χ2v) is 3.19. The van der Waals surface area contributed by atoms with Crippen LogP contribution >= 0.6 is 0 Å². The summed E-state index contributed by atoms with van der Waals surface area (Å²) in [6.07, 6.45) is 8.48. The number of allylic oxidation sites excluding steroid dienone is 2. The number of aliphatic hydroxyl groups is 1. The van der Waals surface area contributed by atoms with E-state index in [-0.39, 0.29) is 12.0 Å². The molecule has 1 nitrogen and oxygen atoms in total. The van der Waals surface area contributed by atoms with E-state index in [1.165, 1.54) is 5.57 Å². The fourth-order valence-corrected chi connectivity index (χ4v) is 1.56. The summed E-state index contributed by atoms with van der Waals surface area (Å²) in [6.45, 7) is 4.45. The van der Waals surface area contributed by atoms with Gasteiger partial charge in [-0.3, -0.25) is 0 Å². The molecule has 1 aliphatic carbocycles. The van der Waals surface area contributed by atoms with Crippen LogP contribution in [-0.4, -0.2) is 11.7 Å². The molecule has 1 N–H and O–H groups in total. The maximum atomic E-state index is 9.22. The van der Waals surface area contributed by atoms with Crippen LogP contribution in [0.15, 0.2) is 23.8 Å². The fraction of sp³-hybridized carbons (Fsp3) is 0.600. The molecule has 0 heterocycles. The van der Waals surface area contributed by atoms with Gasteiger partial charge in [0.2, 0.25) is 0 Å². The van der Waals surface area contributed by atoms with Gasteiger partial charge in [0, 0.05) is 5.41 Å². The zero-order valence-corrected chi connectivity index (χ0v) is 7.30. The minimum atomic E-state index is -0.0434. The number of aliphatic hydroxyl groups excluding tert-OH is 1. The molecule has 1 rings (SSSR count). The largest absolute Gasteiger partial charge is 0.395 e. The lowest BCUT2D eigenvalue weighted by atomic mass is 9.76. The van der Waals surface area contributed by atoms with Gasteiger partial charge in [-0.25, -0.2) is 0 Å². The summed E-state index contributed by atoms with van der Waals surface area (Å²) in [4.78, 5) is 0. The molecule has 0 amide bonds. The van der Waals surface area contributed by atoms with Crippen LogP contribution in [0.25, 0.3) is 0 Å². The predicted molar refractivity (Wildman–Crippen MR) is 47.3 cm³/mol. The van der Waals surface area contributed by atoms with Gasteiger partial charge in [0.25, 0.3) is 0 Å². The molecule has 11 heavy (non-hydrogen) atoms. The maximum absolute atomic E-state index is 9.22. The van der Waals surface area contributed by atoms with E-state index in [1.807, 2.05) is 0 Å². The Morgan fingerprint density at radius 2 is 2.36 bits per heavy atom. The second kappa shape index (κ2) is 3.22. The van der Waals surface area contributed by atoms with Crippen molar-refractivity contribution in [3.63, 3.8) is 0 Å². The lowest BCUT2D eigenvalue weighted by Gasteiger charge is -2.30. The van der Waals surface area contributed by atoms with Crippen LogP contribution in [0, 0.1) is 5.41 Å². The minimum Gasteiger partial charge on any atom is -0.395 e. The number of rotatable bonds is 2. The Hall–Kier alpha value is -0.560. The fourth-order valence-electron chi connectivity index (χ4n) is 1.56. The molecule has 0 aromatic rings. The SMILES string of the molecule is CC[C@]1(CO)C=CCC=C1C. The van der Waals surface area contributed by atoms with Gasteiger partial charge < -0.3 is 5.11 Å². The summed E-state index contributed by atoms with van der Waals surface area (Å²) < 4.78 is 0. The highest BCUT2D eigenvalue weighted by molar-refractivity contribution is 5.25. The van der Waals surface area contributed by atoms with Crippen molar-refractivity contribution < 1.29 is 5.11 Å². The van der Waals surface area contributed by atoms with Gasteiger partial charge in [-0.1, -0.05) is 30.7 Å². The van der Waals surface area contributed by atoms with Crippen molar-refractivity contribution >= 4 is 0 Å². The van der Waals surface area contributed by atoms with Gasteiger partial charge >= 0.3 is 0 Å². The number of hydrogen-bond acceptors (Lipinski definition) is 1. The van der Waals surface area contributed by atoms with E-state index in [4.69, 9.17) is 0 Å². The molecule has 0 spiro atoms. The number of hydrogen-bond donors (Lipinski definition) is 1. The molecule has 0 radical (unpaired) electrons. The molecule has 0 unspecified atom stereocenters. The molecule has 0 aromatic heterocycles. The Bertz CT molecular complexity index is 185. The Labute approximate surface area is 68.4 Å². The third-order valence-electron chi connectivity index (χ3n) is 2.70. The molecule has 0 aromatic carbocycles. The smallest absolute Gasteiger partial charge is 0.0559 e. The average Bonchev–Trinajstić information content (AvgIpc) is 2.06.